The fourth-order valence-corrected chi connectivity index (χ4v) is 3.83. The van der Waals surface area contributed by atoms with Crippen molar-refractivity contribution >= 4 is 29.9 Å². The molecule has 2 amide bonds. The van der Waals surface area contributed by atoms with E-state index in [2.05, 4.69) is 5.32 Å². The molecule has 0 radical (unpaired) electrons. The molecule has 1 aromatic carbocycles. The molecule has 3 N–H and O–H groups in total. The van der Waals surface area contributed by atoms with E-state index in [1.807, 2.05) is 17.9 Å². The second-order valence-corrected chi connectivity index (χ2v) is 7.15. The van der Waals surface area contributed by atoms with Gasteiger partial charge in [-0.2, -0.15) is 0 Å². The molecule has 1 aromatic rings. The molecule has 6 heteroatoms. The highest BCUT2D eigenvalue weighted by Crippen LogP contribution is 2.27. The summed E-state index contributed by atoms with van der Waals surface area (Å²) in [4.78, 5) is 27.0. The highest BCUT2D eigenvalue weighted by Gasteiger charge is 2.32. The molecule has 5 nitrogen and oxygen atoms in total. The Labute approximate surface area is 155 Å². The Balaban J connectivity index is 0.00000225. The number of rotatable bonds is 3. The largest absolute Gasteiger partial charge is 0.399 e. The van der Waals surface area contributed by atoms with E-state index in [-0.39, 0.29) is 36.2 Å². The van der Waals surface area contributed by atoms with Crippen molar-refractivity contribution in [3.8, 4) is 0 Å². The molecule has 2 fully saturated rings. The highest BCUT2D eigenvalue weighted by atomic mass is 35.5. The molecular weight excluding hydrogens is 338 g/mol. The van der Waals surface area contributed by atoms with E-state index in [0.717, 1.165) is 31.4 Å². The summed E-state index contributed by atoms with van der Waals surface area (Å²) in [5, 5.41) is 3.06. The number of carbonyl (C=O) groups excluding carboxylic acids is 2. The Morgan fingerprint density at radius 2 is 1.88 bits per heavy atom. The maximum Gasteiger partial charge on any atom is 0.251 e. The van der Waals surface area contributed by atoms with Gasteiger partial charge in [-0.1, -0.05) is 25.3 Å². The standard InChI is InChI=1S/C19H27N3O2.ClH/c1-13-7-8-15(20)11-17(13)18(23)21-16-9-10-22(12-16)19(24)14-5-3-2-4-6-14;/h7-8,11,14,16H,2-6,9-10,12,20H2,1H3,(H,21,23);1H. The summed E-state index contributed by atoms with van der Waals surface area (Å²) in [5.74, 6) is 0.382. The molecule has 0 aromatic heterocycles. The third kappa shape index (κ3) is 4.66. The maximum absolute atomic E-state index is 12.6. The summed E-state index contributed by atoms with van der Waals surface area (Å²) < 4.78 is 0. The van der Waals surface area contributed by atoms with E-state index in [0.29, 0.717) is 17.8 Å². The first-order valence-corrected chi connectivity index (χ1v) is 9.00. The number of anilines is 1. The monoisotopic (exact) mass is 365 g/mol. The quantitative estimate of drug-likeness (QED) is 0.808. The van der Waals surface area contributed by atoms with Crippen LogP contribution < -0.4 is 11.1 Å². The van der Waals surface area contributed by atoms with Gasteiger partial charge >= 0.3 is 0 Å². The molecule has 0 bridgehead atoms. The molecule has 0 spiro atoms. The molecule has 138 valence electrons. The third-order valence-corrected chi connectivity index (χ3v) is 5.30. The molecule has 1 aliphatic heterocycles. The van der Waals surface area contributed by atoms with Gasteiger partial charge < -0.3 is 16.0 Å². The Hall–Kier alpha value is -1.75. The summed E-state index contributed by atoms with van der Waals surface area (Å²) in [6.07, 6.45) is 6.45. The molecule has 3 rings (SSSR count). The van der Waals surface area contributed by atoms with E-state index in [1.54, 1.807) is 12.1 Å². The van der Waals surface area contributed by atoms with Crippen molar-refractivity contribution in [1.29, 1.82) is 0 Å². The van der Waals surface area contributed by atoms with Crippen LogP contribution in [0.5, 0.6) is 0 Å². The van der Waals surface area contributed by atoms with Crippen molar-refractivity contribution in [2.45, 2.75) is 51.5 Å². The van der Waals surface area contributed by atoms with Gasteiger partial charge in [0, 0.05) is 36.3 Å². The number of nitrogen functional groups attached to an aromatic ring is 1. The van der Waals surface area contributed by atoms with Crippen molar-refractivity contribution in [3.05, 3.63) is 29.3 Å². The van der Waals surface area contributed by atoms with Crippen LogP contribution in [0.15, 0.2) is 18.2 Å². The number of aryl methyl sites for hydroxylation is 1. The molecule has 1 saturated carbocycles. The van der Waals surface area contributed by atoms with E-state index in [1.165, 1.54) is 19.3 Å². The molecule has 1 aliphatic carbocycles. The van der Waals surface area contributed by atoms with Gasteiger partial charge in [-0.25, -0.2) is 0 Å². The number of nitrogens with two attached hydrogens (primary N) is 1. The summed E-state index contributed by atoms with van der Waals surface area (Å²) >= 11 is 0. The van der Waals surface area contributed by atoms with E-state index in [9.17, 15) is 9.59 Å². The van der Waals surface area contributed by atoms with Gasteiger partial charge in [0.25, 0.3) is 5.91 Å². The lowest BCUT2D eigenvalue weighted by Crippen LogP contribution is -2.40. The number of amides is 2. The van der Waals surface area contributed by atoms with E-state index in [4.69, 9.17) is 5.73 Å². The van der Waals surface area contributed by atoms with Gasteiger partial charge in [-0.3, -0.25) is 9.59 Å². The Morgan fingerprint density at radius 1 is 1.16 bits per heavy atom. The molecule has 1 atom stereocenters. The average Bonchev–Trinajstić information content (AvgIpc) is 3.05. The number of hydrogen-bond acceptors (Lipinski definition) is 3. The predicted molar refractivity (Wildman–Crippen MR) is 102 cm³/mol. The van der Waals surface area contributed by atoms with Gasteiger partial charge in [0.2, 0.25) is 5.91 Å². The number of benzene rings is 1. The highest BCUT2D eigenvalue weighted by molar-refractivity contribution is 5.96. The van der Waals surface area contributed by atoms with Crippen LogP contribution in [0, 0.1) is 12.8 Å². The van der Waals surface area contributed by atoms with Crippen molar-refractivity contribution < 1.29 is 9.59 Å². The van der Waals surface area contributed by atoms with Gasteiger partial charge in [0.05, 0.1) is 0 Å². The van der Waals surface area contributed by atoms with Crippen LogP contribution in [0.25, 0.3) is 0 Å². The summed E-state index contributed by atoms with van der Waals surface area (Å²) in [5.41, 5.74) is 7.90. The minimum Gasteiger partial charge on any atom is -0.399 e. The van der Waals surface area contributed by atoms with Crippen LogP contribution >= 0.6 is 12.4 Å². The van der Waals surface area contributed by atoms with Crippen LogP contribution in [-0.4, -0.2) is 35.8 Å². The average molecular weight is 366 g/mol. The van der Waals surface area contributed by atoms with E-state index >= 15 is 0 Å². The zero-order valence-electron chi connectivity index (χ0n) is 14.8. The number of hydrogen-bond donors (Lipinski definition) is 2. The number of carbonyl (C=O) groups is 2. The zero-order chi connectivity index (χ0) is 17.1. The van der Waals surface area contributed by atoms with Crippen LogP contribution in [0.3, 0.4) is 0 Å². The molecule has 25 heavy (non-hydrogen) atoms. The summed E-state index contributed by atoms with van der Waals surface area (Å²) in [6.45, 7) is 3.28. The fraction of sp³-hybridized carbons (Fsp3) is 0.579. The maximum atomic E-state index is 12.6. The summed E-state index contributed by atoms with van der Waals surface area (Å²) in [7, 11) is 0. The van der Waals surface area contributed by atoms with Crippen LogP contribution in [0.2, 0.25) is 0 Å². The first kappa shape index (κ1) is 19.6. The lowest BCUT2D eigenvalue weighted by Gasteiger charge is -2.26. The number of nitrogens with one attached hydrogen (secondary N) is 1. The third-order valence-electron chi connectivity index (χ3n) is 5.30. The first-order valence-electron chi connectivity index (χ1n) is 9.00. The fourth-order valence-electron chi connectivity index (χ4n) is 3.83. The molecular formula is C19H28ClN3O2. The van der Waals surface area contributed by atoms with Gasteiger partial charge in [0.15, 0.2) is 0 Å². The van der Waals surface area contributed by atoms with Gasteiger partial charge in [0.1, 0.15) is 0 Å². The Bertz CT molecular complexity index is 629. The predicted octanol–water partition coefficient (Wildman–Crippen LogP) is 2.91. The minimum atomic E-state index is -0.100. The molecule has 1 saturated heterocycles. The smallest absolute Gasteiger partial charge is 0.251 e. The van der Waals surface area contributed by atoms with Crippen molar-refractivity contribution in [2.24, 2.45) is 5.92 Å². The molecule has 2 aliphatic rings. The van der Waals surface area contributed by atoms with Crippen molar-refractivity contribution in [3.63, 3.8) is 0 Å². The molecule has 1 unspecified atom stereocenters. The lowest BCUT2D eigenvalue weighted by molar-refractivity contribution is -0.135. The van der Waals surface area contributed by atoms with Crippen LogP contribution in [0.1, 0.15) is 54.4 Å². The SMILES string of the molecule is Cc1ccc(N)cc1C(=O)NC1CCN(C(=O)C2CCCCC2)C1.Cl. The van der Waals surface area contributed by atoms with Crippen molar-refractivity contribution in [1.82, 2.24) is 10.2 Å². The van der Waals surface area contributed by atoms with Crippen LogP contribution in [0.4, 0.5) is 5.69 Å². The Morgan fingerprint density at radius 3 is 2.60 bits per heavy atom. The number of likely N-dealkylation sites (tertiary alicyclic amines) is 1. The van der Waals surface area contributed by atoms with E-state index < -0.39 is 0 Å². The zero-order valence-corrected chi connectivity index (χ0v) is 15.6. The normalized spacial score (nSPS) is 20.8. The first-order chi connectivity index (χ1) is 11.5. The second-order valence-electron chi connectivity index (χ2n) is 7.15. The minimum absolute atomic E-state index is 0. The second kappa shape index (κ2) is 8.56. The number of nitrogens with zero attached hydrogens (tertiary/aromatic N) is 1. The van der Waals surface area contributed by atoms with Crippen LogP contribution in [-0.2, 0) is 4.79 Å². The van der Waals surface area contributed by atoms with Gasteiger partial charge in [-0.15, -0.1) is 12.4 Å². The topological polar surface area (TPSA) is 75.4 Å². The molecule has 1 heterocycles. The lowest BCUT2D eigenvalue weighted by atomic mass is 9.88. The summed E-state index contributed by atoms with van der Waals surface area (Å²) in [6, 6.07) is 5.40. The number of halogens is 1. The van der Waals surface area contributed by atoms with Crippen molar-refractivity contribution in [2.75, 3.05) is 18.8 Å². The van der Waals surface area contributed by atoms with Gasteiger partial charge in [-0.05, 0) is 43.9 Å². The Kier molecular flexibility index (Phi) is 6.71.